The van der Waals surface area contributed by atoms with Crippen LogP contribution < -0.4 is 4.74 Å². The van der Waals surface area contributed by atoms with Gasteiger partial charge in [-0.3, -0.25) is 0 Å². The van der Waals surface area contributed by atoms with Crippen LogP contribution in [0.25, 0.3) is 0 Å². The molecule has 1 aromatic rings. The number of rotatable bonds is 5. The molecule has 0 radical (unpaired) electrons. The Morgan fingerprint density at radius 1 is 1.12 bits per heavy atom. The quantitative estimate of drug-likeness (QED) is 0.897. The van der Waals surface area contributed by atoms with Crippen molar-refractivity contribution in [3.05, 3.63) is 28.8 Å². The fraction of sp³-hybridized carbons (Fsp3) is 0.700. The third-order valence-corrected chi connectivity index (χ3v) is 5.84. The van der Waals surface area contributed by atoms with Crippen molar-refractivity contribution in [3.63, 3.8) is 0 Å². The van der Waals surface area contributed by atoms with Crippen molar-refractivity contribution in [2.45, 2.75) is 33.3 Å². The van der Waals surface area contributed by atoms with Crippen LogP contribution in [0.2, 0.25) is 0 Å². The van der Waals surface area contributed by atoms with Gasteiger partial charge in [0.05, 0.1) is 0 Å². The molecular formula is C20H32N2O2. The summed E-state index contributed by atoms with van der Waals surface area (Å²) in [6, 6.07) is 4.21. The number of aryl methyl sites for hydroxylation is 2. The van der Waals surface area contributed by atoms with Crippen LogP contribution in [0, 0.1) is 32.6 Å². The molecule has 3 atom stereocenters. The second-order valence-electron chi connectivity index (χ2n) is 7.91. The van der Waals surface area contributed by atoms with Crippen molar-refractivity contribution in [1.82, 2.24) is 9.80 Å². The molecule has 2 heterocycles. The van der Waals surface area contributed by atoms with E-state index in [9.17, 15) is 5.11 Å². The molecule has 2 saturated heterocycles. The lowest BCUT2D eigenvalue weighted by molar-refractivity contribution is 0.0735. The molecule has 0 bridgehead atoms. The average molecular weight is 332 g/mol. The highest BCUT2D eigenvalue weighted by Gasteiger charge is 2.36. The van der Waals surface area contributed by atoms with Crippen LogP contribution in [-0.4, -0.2) is 67.4 Å². The zero-order chi connectivity index (χ0) is 17.3. The summed E-state index contributed by atoms with van der Waals surface area (Å²) < 4.78 is 5.97. The van der Waals surface area contributed by atoms with Crippen LogP contribution in [-0.2, 0) is 0 Å². The van der Waals surface area contributed by atoms with E-state index in [0.29, 0.717) is 6.61 Å². The molecule has 0 amide bonds. The highest BCUT2D eigenvalue weighted by molar-refractivity contribution is 5.44. The summed E-state index contributed by atoms with van der Waals surface area (Å²) in [4.78, 5) is 4.87. The van der Waals surface area contributed by atoms with Gasteiger partial charge in [0.25, 0.3) is 0 Å². The first-order valence-corrected chi connectivity index (χ1v) is 9.22. The minimum absolute atomic E-state index is 0.372. The Hall–Kier alpha value is -1.10. The van der Waals surface area contributed by atoms with E-state index in [0.717, 1.165) is 42.8 Å². The number of β-amino-alcohol motifs (C(OH)–C–C–N with tert-alkyl or cyclic N) is 1. The summed E-state index contributed by atoms with van der Waals surface area (Å²) in [7, 11) is 2.22. The predicted molar refractivity (Wildman–Crippen MR) is 97.7 cm³/mol. The Kier molecular flexibility index (Phi) is 5.48. The van der Waals surface area contributed by atoms with Crippen LogP contribution in [0.4, 0.5) is 0 Å². The lowest BCUT2D eigenvalue weighted by Gasteiger charge is -2.31. The van der Waals surface area contributed by atoms with E-state index in [-0.39, 0.29) is 0 Å². The summed E-state index contributed by atoms with van der Waals surface area (Å²) >= 11 is 0. The van der Waals surface area contributed by atoms with E-state index in [4.69, 9.17) is 4.74 Å². The summed E-state index contributed by atoms with van der Waals surface area (Å²) in [5.74, 6) is 2.53. The van der Waals surface area contributed by atoms with Crippen molar-refractivity contribution in [1.29, 1.82) is 0 Å². The van der Waals surface area contributed by atoms with Gasteiger partial charge in [-0.05, 0) is 69.3 Å². The third kappa shape index (κ3) is 3.93. The number of likely N-dealkylation sites (tertiary alicyclic amines) is 2. The first-order valence-electron chi connectivity index (χ1n) is 9.22. The van der Waals surface area contributed by atoms with Gasteiger partial charge < -0.3 is 19.6 Å². The monoisotopic (exact) mass is 332 g/mol. The molecule has 0 saturated carbocycles. The van der Waals surface area contributed by atoms with E-state index in [1.54, 1.807) is 0 Å². The van der Waals surface area contributed by atoms with E-state index >= 15 is 0 Å². The minimum atomic E-state index is -0.429. The minimum Gasteiger partial charge on any atom is -0.490 e. The van der Waals surface area contributed by atoms with E-state index in [2.05, 4.69) is 49.8 Å². The lowest BCUT2D eigenvalue weighted by Crippen LogP contribution is -2.37. The summed E-state index contributed by atoms with van der Waals surface area (Å²) in [5, 5.41) is 10.4. The maximum Gasteiger partial charge on any atom is 0.125 e. The van der Waals surface area contributed by atoms with E-state index < -0.39 is 6.10 Å². The second kappa shape index (κ2) is 7.42. The molecule has 134 valence electrons. The zero-order valence-corrected chi connectivity index (χ0v) is 15.6. The SMILES string of the molecule is Cc1ccc(C)c(OC[C@H](O)CN2C[C@H]3CCN(C)C[C@H]3C2)c1C. The average Bonchev–Trinajstić information content (AvgIpc) is 2.92. The molecule has 4 nitrogen and oxygen atoms in total. The van der Waals surface area contributed by atoms with E-state index in [1.807, 2.05) is 0 Å². The number of hydrogen-bond donors (Lipinski definition) is 1. The first-order chi connectivity index (χ1) is 11.4. The topological polar surface area (TPSA) is 35.9 Å². The van der Waals surface area contributed by atoms with Crippen molar-refractivity contribution in [2.24, 2.45) is 11.8 Å². The van der Waals surface area contributed by atoms with Gasteiger partial charge in [0.15, 0.2) is 0 Å². The second-order valence-corrected chi connectivity index (χ2v) is 7.91. The molecule has 3 rings (SSSR count). The molecular weight excluding hydrogens is 300 g/mol. The van der Waals surface area contributed by atoms with Crippen molar-refractivity contribution in [2.75, 3.05) is 46.4 Å². The van der Waals surface area contributed by atoms with Gasteiger partial charge in [-0.25, -0.2) is 0 Å². The molecule has 0 unspecified atom stereocenters. The summed E-state index contributed by atoms with van der Waals surface area (Å²) in [5.41, 5.74) is 3.55. The number of nitrogens with zero attached hydrogens (tertiary/aromatic N) is 2. The third-order valence-electron chi connectivity index (χ3n) is 5.84. The molecule has 1 aromatic carbocycles. The molecule has 0 spiro atoms. The van der Waals surface area contributed by atoms with Crippen LogP contribution in [0.3, 0.4) is 0 Å². The van der Waals surface area contributed by atoms with Gasteiger partial charge >= 0.3 is 0 Å². The Morgan fingerprint density at radius 2 is 1.83 bits per heavy atom. The van der Waals surface area contributed by atoms with Crippen LogP contribution in [0.15, 0.2) is 12.1 Å². The number of fused-ring (bicyclic) bond motifs is 1. The number of hydrogen-bond acceptors (Lipinski definition) is 4. The number of benzene rings is 1. The Bertz CT molecular complexity index is 575. The van der Waals surface area contributed by atoms with Gasteiger partial charge in [-0.15, -0.1) is 0 Å². The first kappa shape index (κ1) is 17.7. The maximum absolute atomic E-state index is 10.4. The number of aliphatic hydroxyl groups excluding tert-OH is 1. The molecule has 2 aliphatic rings. The molecule has 0 aromatic heterocycles. The Labute approximate surface area is 146 Å². The molecule has 0 aliphatic carbocycles. The highest BCUT2D eigenvalue weighted by atomic mass is 16.5. The van der Waals surface area contributed by atoms with Crippen LogP contribution in [0.1, 0.15) is 23.1 Å². The van der Waals surface area contributed by atoms with Gasteiger partial charge in [0, 0.05) is 26.2 Å². The fourth-order valence-electron chi connectivity index (χ4n) is 4.27. The van der Waals surface area contributed by atoms with Crippen LogP contribution >= 0.6 is 0 Å². The standard InChI is InChI=1S/C20H32N2O2/c1-14-5-6-15(2)20(16(14)3)24-13-19(23)12-22-10-17-7-8-21(4)9-18(17)11-22/h5-6,17-19,23H,7-13H2,1-4H3/t17-,18+,19-/m1/s1. The smallest absolute Gasteiger partial charge is 0.125 e. The van der Waals surface area contributed by atoms with Gasteiger partial charge in [-0.2, -0.15) is 0 Å². The number of piperidine rings is 1. The number of aliphatic hydroxyl groups is 1. The molecule has 2 aliphatic heterocycles. The highest BCUT2D eigenvalue weighted by Crippen LogP contribution is 2.30. The largest absolute Gasteiger partial charge is 0.490 e. The molecule has 24 heavy (non-hydrogen) atoms. The summed E-state index contributed by atoms with van der Waals surface area (Å²) in [6.45, 7) is 12.0. The number of ether oxygens (including phenoxy) is 1. The van der Waals surface area contributed by atoms with Crippen molar-refractivity contribution in [3.8, 4) is 5.75 Å². The Morgan fingerprint density at radius 3 is 2.62 bits per heavy atom. The van der Waals surface area contributed by atoms with Gasteiger partial charge in [0.1, 0.15) is 18.5 Å². The molecule has 1 N–H and O–H groups in total. The van der Waals surface area contributed by atoms with Gasteiger partial charge in [0.2, 0.25) is 0 Å². The Balaban J connectivity index is 1.50. The fourth-order valence-corrected chi connectivity index (χ4v) is 4.27. The molecule has 2 fully saturated rings. The zero-order valence-electron chi connectivity index (χ0n) is 15.6. The lowest BCUT2D eigenvalue weighted by atomic mass is 9.89. The molecule has 4 heteroatoms. The predicted octanol–water partition coefficient (Wildman–Crippen LogP) is 2.24. The van der Waals surface area contributed by atoms with Crippen molar-refractivity contribution >= 4 is 0 Å². The summed E-state index contributed by atoms with van der Waals surface area (Å²) in [6.07, 6.45) is 0.869. The maximum atomic E-state index is 10.4. The normalized spacial score (nSPS) is 26.4. The van der Waals surface area contributed by atoms with Crippen LogP contribution in [0.5, 0.6) is 5.75 Å². The van der Waals surface area contributed by atoms with Crippen molar-refractivity contribution < 1.29 is 9.84 Å². The van der Waals surface area contributed by atoms with E-state index in [1.165, 1.54) is 30.6 Å². The van der Waals surface area contributed by atoms with Gasteiger partial charge in [-0.1, -0.05) is 12.1 Å².